The van der Waals surface area contributed by atoms with E-state index in [1.54, 1.807) is 18.2 Å². The molecule has 0 bridgehead atoms. The van der Waals surface area contributed by atoms with Gasteiger partial charge in [-0.25, -0.2) is 22.6 Å². The predicted molar refractivity (Wildman–Crippen MR) is 176 cm³/mol. The van der Waals surface area contributed by atoms with Crippen molar-refractivity contribution in [3.63, 3.8) is 0 Å². The summed E-state index contributed by atoms with van der Waals surface area (Å²) in [5.41, 5.74) is 6.64. The molecule has 0 aliphatic carbocycles. The first kappa shape index (κ1) is 32.4. The second-order valence-electron chi connectivity index (χ2n) is 12.6. The zero-order valence-corrected chi connectivity index (χ0v) is 27.4. The molecule has 7 nitrogen and oxygen atoms in total. The lowest BCUT2D eigenvalue weighted by Gasteiger charge is -2.42. The van der Waals surface area contributed by atoms with Gasteiger partial charge in [-0.1, -0.05) is 12.1 Å². The van der Waals surface area contributed by atoms with Crippen LogP contribution in [0.4, 0.5) is 25.8 Å². The number of carbonyl (C=O) groups excluding carboxylic acids is 1. The predicted octanol–water partition coefficient (Wildman–Crippen LogP) is 7.29. The molecule has 2 atom stereocenters. The third kappa shape index (κ3) is 6.55. The van der Waals surface area contributed by atoms with Gasteiger partial charge in [0.2, 0.25) is 5.69 Å². The van der Waals surface area contributed by atoms with Gasteiger partial charge < -0.3 is 14.7 Å². The number of halogens is 2. The summed E-state index contributed by atoms with van der Waals surface area (Å²) in [6.45, 7) is 18.4. The number of rotatable bonds is 6. The fraction of sp³-hybridized carbons (Fsp3) is 0.429. The van der Waals surface area contributed by atoms with Gasteiger partial charge in [0.25, 0.3) is 5.91 Å². The van der Waals surface area contributed by atoms with Crippen LogP contribution in [0.3, 0.4) is 0 Å². The summed E-state index contributed by atoms with van der Waals surface area (Å²) in [5, 5.41) is 0. The molecule has 1 amide bonds. The normalized spacial score (nSPS) is 18.9. The Kier molecular flexibility index (Phi) is 9.22. The Morgan fingerprint density at radius 1 is 1.00 bits per heavy atom. The van der Waals surface area contributed by atoms with Gasteiger partial charge in [0.15, 0.2) is 0 Å². The quantitative estimate of drug-likeness (QED) is 0.290. The average Bonchev–Trinajstić information content (AvgIpc) is 2.98. The maximum absolute atomic E-state index is 14.7. The number of carbonyl (C=O) groups is 1. The number of nitrogens with zero attached hydrogens (tertiary/aromatic N) is 4. The average molecular weight is 634 g/mol. The highest BCUT2D eigenvalue weighted by Gasteiger charge is 2.33. The molecule has 0 unspecified atom stereocenters. The molecule has 1 N–H and O–H groups in total. The van der Waals surface area contributed by atoms with E-state index >= 15 is 0 Å². The van der Waals surface area contributed by atoms with Gasteiger partial charge in [0, 0.05) is 56.3 Å². The summed E-state index contributed by atoms with van der Waals surface area (Å²) < 4.78 is 49.0. The highest BCUT2D eigenvalue weighted by molar-refractivity contribution is 7.91. The Balaban J connectivity index is 1.31. The molecule has 0 saturated carbocycles. The lowest BCUT2D eigenvalue weighted by Crippen LogP contribution is -2.54. The standard InChI is InChI=1S/C35H41F2N5O2S/c1-22-18-23(2)33(25(4)28(22)19-26-12-14-40(15-13-26)31-11-10-27(36)20-30(31)39-5)35(43)42-17-16-41(21-24(42)3)32-9-7-8-29(37)34(32)45(6,38)44/h7-11,18,20,24,26,38H,12-17,19,21H2,1-4,6H3/t24-,45-/m0/s1. The van der Waals surface area contributed by atoms with E-state index in [-0.39, 0.29) is 16.8 Å². The van der Waals surface area contributed by atoms with Gasteiger partial charge in [0.1, 0.15) is 16.5 Å². The largest absolute Gasteiger partial charge is 0.380 e. The van der Waals surface area contributed by atoms with Crippen LogP contribution in [0, 0.1) is 49.7 Å². The number of benzene rings is 3. The second kappa shape index (κ2) is 12.8. The Labute approximate surface area is 265 Å². The molecule has 5 rings (SSSR count). The maximum Gasteiger partial charge on any atom is 0.254 e. The summed E-state index contributed by atoms with van der Waals surface area (Å²) in [6.07, 6.45) is 3.97. The van der Waals surface area contributed by atoms with Gasteiger partial charge in [-0.05, 0) is 105 Å². The molecule has 10 heteroatoms. The van der Waals surface area contributed by atoms with Crippen LogP contribution < -0.4 is 9.80 Å². The topological polar surface area (TPSA) is 72.1 Å². The molecule has 2 aliphatic heterocycles. The van der Waals surface area contributed by atoms with E-state index in [9.17, 15) is 17.8 Å². The molecule has 238 valence electrons. The van der Waals surface area contributed by atoms with Crippen LogP contribution in [0.2, 0.25) is 0 Å². The number of hydrogen-bond acceptors (Lipinski definition) is 5. The third-order valence-electron chi connectivity index (χ3n) is 9.42. The third-order valence-corrected chi connectivity index (χ3v) is 10.6. The molecular formula is C35H41F2N5O2S. The molecule has 0 spiro atoms. The van der Waals surface area contributed by atoms with Crippen molar-refractivity contribution in [3.05, 3.63) is 93.3 Å². The van der Waals surface area contributed by atoms with Gasteiger partial charge >= 0.3 is 0 Å². The van der Waals surface area contributed by atoms with Crippen molar-refractivity contribution in [2.45, 2.75) is 57.9 Å². The minimum Gasteiger partial charge on any atom is -0.380 e. The van der Waals surface area contributed by atoms with E-state index in [1.807, 2.05) is 30.6 Å². The van der Waals surface area contributed by atoms with Crippen LogP contribution >= 0.6 is 0 Å². The summed E-state index contributed by atoms with van der Waals surface area (Å²) in [6, 6.07) is 10.8. The zero-order chi connectivity index (χ0) is 32.6. The molecular weight excluding hydrogens is 592 g/mol. The molecule has 45 heavy (non-hydrogen) atoms. The van der Waals surface area contributed by atoms with Gasteiger partial charge in [0.05, 0.1) is 22.0 Å². The van der Waals surface area contributed by atoms with Crippen LogP contribution in [0.5, 0.6) is 0 Å². The minimum atomic E-state index is -3.28. The molecule has 2 saturated heterocycles. The summed E-state index contributed by atoms with van der Waals surface area (Å²) in [4.78, 5) is 23.6. The van der Waals surface area contributed by atoms with Crippen molar-refractivity contribution in [3.8, 4) is 0 Å². The smallest absolute Gasteiger partial charge is 0.254 e. The molecule has 0 aromatic heterocycles. The van der Waals surface area contributed by atoms with Gasteiger partial charge in [-0.3, -0.25) is 4.79 Å². The summed E-state index contributed by atoms with van der Waals surface area (Å²) in [7, 11) is -3.28. The number of nitrogens with one attached hydrogen (secondary N) is 1. The van der Waals surface area contributed by atoms with Crippen molar-refractivity contribution < 1.29 is 17.8 Å². The number of piperazine rings is 1. The van der Waals surface area contributed by atoms with Crippen LogP contribution in [0.1, 0.15) is 52.4 Å². The molecule has 3 aromatic rings. The van der Waals surface area contributed by atoms with Crippen molar-refractivity contribution in [1.82, 2.24) is 4.90 Å². The molecule has 2 fully saturated rings. The summed E-state index contributed by atoms with van der Waals surface area (Å²) in [5.74, 6) is -0.636. The molecule has 2 heterocycles. The van der Waals surface area contributed by atoms with Gasteiger partial charge in [-0.2, -0.15) is 0 Å². The van der Waals surface area contributed by atoms with Crippen molar-refractivity contribution in [1.29, 1.82) is 4.78 Å². The second-order valence-corrected chi connectivity index (χ2v) is 14.7. The molecule has 2 aliphatic rings. The first-order chi connectivity index (χ1) is 21.3. The zero-order valence-electron chi connectivity index (χ0n) is 26.6. The first-order valence-corrected chi connectivity index (χ1v) is 17.4. The highest BCUT2D eigenvalue weighted by Crippen LogP contribution is 2.35. The molecule has 0 radical (unpaired) electrons. The summed E-state index contributed by atoms with van der Waals surface area (Å²) >= 11 is 0. The van der Waals surface area contributed by atoms with E-state index < -0.39 is 21.4 Å². The van der Waals surface area contributed by atoms with E-state index in [4.69, 9.17) is 11.4 Å². The lowest BCUT2D eigenvalue weighted by atomic mass is 9.83. The fourth-order valence-corrected chi connectivity index (χ4v) is 8.18. The van der Waals surface area contributed by atoms with Crippen LogP contribution in [-0.2, 0) is 16.1 Å². The van der Waals surface area contributed by atoms with Crippen molar-refractivity contribution in [2.24, 2.45) is 5.92 Å². The Morgan fingerprint density at radius 3 is 2.36 bits per heavy atom. The number of piperidine rings is 1. The van der Waals surface area contributed by atoms with E-state index in [2.05, 4.69) is 22.7 Å². The highest BCUT2D eigenvalue weighted by atomic mass is 32.2. The SMILES string of the molecule is [C-]#[N+]c1cc(F)ccc1N1CCC(Cc2c(C)cc(C)c(C(=O)N3CCN(c4cccc(F)c4[S@@](C)(=N)=O)C[C@@H]3C)c2C)CC1. The number of aryl methyl sites for hydroxylation is 2. The maximum atomic E-state index is 14.7. The first-order valence-electron chi connectivity index (χ1n) is 15.4. The van der Waals surface area contributed by atoms with Crippen molar-refractivity contribution in [2.75, 3.05) is 48.8 Å². The number of anilines is 2. The van der Waals surface area contributed by atoms with Gasteiger partial charge in [-0.15, -0.1) is 0 Å². The van der Waals surface area contributed by atoms with E-state index in [0.29, 0.717) is 36.9 Å². The fourth-order valence-electron chi connectivity index (χ4n) is 7.14. The van der Waals surface area contributed by atoms with Crippen LogP contribution in [0.15, 0.2) is 47.4 Å². The number of hydrogen-bond donors (Lipinski definition) is 1. The van der Waals surface area contributed by atoms with Crippen LogP contribution in [-0.4, -0.2) is 60.0 Å². The van der Waals surface area contributed by atoms with E-state index in [0.717, 1.165) is 54.7 Å². The minimum absolute atomic E-state index is 0.0181. The van der Waals surface area contributed by atoms with Crippen LogP contribution in [0.25, 0.3) is 4.85 Å². The Bertz CT molecular complexity index is 1780. The van der Waals surface area contributed by atoms with E-state index in [1.165, 1.54) is 35.6 Å². The molecule has 3 aromatic carbocycles. The Hall–Kier alpha value is -3.97. The van der Waals surface area contributed by atoms with Crippen molar-refractivity contribution >= 4 is 32.7 Å². The monoisotopic (exact) mass is 633 g/mol. The Morgan fingerprint density at radius 2 is 1.71 bits per heavy atom. The lowest BCUT2D eigenvalue weighted by molar-refractivity contribution is 0.0672. The number of amides is 1.